The zero-order valence-corrected chi connectivity index (χ0v) is 23.1. The van der Waals surface area contributed by atoms with E-state index in [4.69, 9.17) is 28.7 Å². The molecule has 44 heavy (non-hydrogen) atoms. The molecule has 0 radical (unpaired) electrons. The second-order valence-corrected chi connectivity index (χ2v) is 10.6. The number of aliphatic hydroxyl groups is 11. The lowest BCUT2D eigenvalue weighted by molar-refractivity contribution is -0.452. The van der Waals surface area contributed by atoms with Gasteiger partial charge < -0.3 is 85.5 Å². The van der Waals surface area contributed by atoms with Crippen LogP contribution in [0.15, 0.2) is 0 Å². The summed E-state index contributed by atoms with van der Waals surface area (Å²) in [5.41, 5.74) is 0. The Kier molecular flexibility index (Phi) is 12.7. The molecule has 3 aliphatic rings. The first-order valence-corrected chi connectivity index (χ1v) is 13.4. The van der Waals surface area contributed by atoms with Gasteiger partial charge in [0.25, 0.3) is 0 Å². The third-order valence-corrected chi connectivity index (χ3v) is 7.41. The maximum absolute atomic E-state index is 12.2. The third kappa shape index (κ3) is 7.79. The molecule has 0 bridgehead atoms. The minimum atomic E-state index is -2.92. The molecule has 0 aliphatic carbocycles. The number of aliphatic hydroxyl groups excluding tert-OH is 11. The number of nitrogens with one attached hydrogen (secondary N) is 1. The molecule has 0 aromatic heterocycles. The Hall–Kier alpha value is -1.74. The molecule has 1 amide bonds. The zero-order chi connectivity index (χ0) is 33.1. The molecule has 3 fully saturated rings. The summed E-state index contributed by atoms with van der Waals surface area (Å²) in [7, 11) is 0. The molecule has 0 saturated carbocycles. The van der Waals surface area contributed by atoms with Crippen molar-refractivity contribution in [1.82, 2.24) is 5.32 Å². The summed E-state index contributed by atoms with van der Waals surface area (Å²) < 4.78 is 21.1. The number of carboxylic acid groups (broad SMARTS) is 1. The van der Waals surface area contributed by atoms with Crippen LogP contribution in [-0.4, -0.2) is 191 Å². The highest BCUT2D eigenvalue weighted by molar-refractivity contribution is 5.76. The fourth-order valence-corrected chi connectivity index (χ4v) is 4.96. The van der Waals surface area contributed by atoms with Gasteiger partial charge in [-0.05, 0) is 0 Å². The molecular weight excluding hydrogens is 610 g/mol. The first-order chi connectivity index (χ1) is 20.6. The molecule has 0 aromatic carbocycles. The van der Waals surface area contributed by atoms with E-state index in [0.29, 0.717) is 0 Å². The Bertz CT molecular complexity index is 959. The van der Waals surface area contributed by atoms with E-state index < -0.39 is 136 Å². The second kappa shape index (κ2) is 15.2. The minimum Gasteiger partial charge on any atom is -0.477 e. The number of aliphatic carboxylic acids is 1. The largest absolute Gasteiger partial charge is 0.477 e. The van der Waals surface area contributed by atoms with Crippen molar-refractivity contribution in [2.45, 2.75) is 111 Å². The Morgan fingerprint density at radius 2 is 1.59 bits per heavy atom. The summed E-state index contributed by atoms with van der Waals surface area (Å²) in [5, 5.41) is 123. The summed E-state index contributed by atoms with van der Waals surface area (Å²) >= 11 is 0. The molecule has 21 heteroatoms. The van der Waals surface area contributed by atoms with E-state index in [2.05, 4.69) is 5.32 Å². The van der Waals surface area contributed by atoms with Crippen LogP contribution in [0.25, 0.3) is 0 Å². The van der Waals surface area contributed by atoms with Crippen molar-refractivity contribution in [1.29, 1.82) is 0 Å². The lowest BCUT2D eigenvalue weighted by Crippen LogP contribution is -2.68. The average Bonchev–Trinajstić information content (AvgIpc) is 2.98. The molecule has 0 aromatic rings. The van der Waals surface area contributed by atoms with Crippen LogP contribution < -0.4 is 5.32 Å². The van der Waals surface area contributed by atoms with Crippen molar-refractivity contribution < 1.29 is 99.6 Å². The second-order valence-electron chi connectivity index (χ2n) is 10.6. The van der Waals surface area contributed by atoms with Crippen LogP contribution in [0, 0.1) is 0 Å². The third-order valence-electron chi connectivity index (χ3n) is 7.41. The Balaban J connectivity index is 1.74. The van der Waals surface area contributed by atoms with Crippen molar-refractivity contribution in [3.63, 3.8) is 0 Å². The van der Waals surface area contributed by atoms with Gasteiger partial charge >= 0.3 is 11.8 Å². The Morgan fingerprint density at radius 1 is 0.932 bits per heavy atom. The standard InChI is InChI=1S/C23H39NO20/c1-6(27)24-11-7(28)2-23(22(37)38,43-19(11)12(30)8(29)3-25)44-39-5-10-13(31)14(32)17(35)21(41-10)42-18-9(4-26)40-20(36)16(34)15(18)33/h7-21,25-26,28-36H,2-5H2,1H3,(H,24,27)(H,37,38)/t7-,8+,9+,10+,11+,12+,13-,14-,15+,16+,17+,18+,19+,20-,21-,23-/m0/s1. The predicted molar refractivity (Wildman–Crippen MR) is 131 cm³/mol. The van der Waals surface area contributed by atoms with E-state index in [0.717, 1.165) is 6.92 Å². The number of ether oxygens (including phenoxy) is 4. The van der Waals surface area contributed by atoms with Crippen LogP contribution in [0.2, 0.25) is 0 Å². The monoisotopic (exact) mass is 649 g/mol. The smallest absolute Gasteiger partial charge is 0.367 e. The lowest BCUT2D eigenvalue weighted by atomic mass is 9.88. The Labute approximate surface area is 248 Å². The van der Waals surface area contributed by atoms with Gasteiger partial charge in [0, 0.05) is 13.3 Å². The normalized spacial score (nSPS) is 44.5. The number of carbonyl (C=O) groups excluding carboxylic acids is 1. The highest BCUT2D eigenvalue weighted by atomic mass is 17.2. The molecule has 0 unspecified atom stereocenters. The van der Waals surface area contributed by atoms with Gasteiger partial charge in [0.2, 0.25) is 5.91 Å². The fraction of sp³-hybridized carbons (Fsp3) is 0.913. The molecule has 0 spiro atoms. The molecule has 16 atom stereocenters. The molecule has 3 rings (SSSR count). The van der Waals surface area contributed by atoms with Crippen LogP contribution in [0.3, 0.4) is 0 Å². The lowest BCUT2D eigenvalue weighted by Gasteiger charge is -2.46. The van der Waals surface area contributed by atoms with E-state index in [1.165, 1.54) is 0 Å². The molecule has 256 valence electrons. The van der Waals surface area contributed by atoms with Crippen LogP contribution in [0.1, 0.15) is 13.3 Å². The zero-order valence-electron chi connectivity index (χ0n) is 23.1. The summed E-state index contributed by atoms with van der Waals surface area (Å²) in [4.78, 5) is 33.7. The van der Waals surface area contributed by atoms with Crippen molar-refractivity contribution in [2.75, 3.05) is 19.8 Å². The van der Waals surface area contributed by atoms with Crippen molar-refractivity contribution in [2.24, 2.45) is 0 Å². The topological polar surface area (TPSA) is 344 Å². The van der Waals surface area contributed by atoms with E-state index in [1.807, 2.05) is 0 Å². The fourth-order valence-electron chi connectivity index (χ4n) is 4.96. The number of carboxylic acids is 1. The maximum atomic E-state index is 12.2. The van der Waals surface area contributed by atoms with Gasteiger partial charge in [-0.25, -0.2) is 9.68 Å². The summed E-state index contributed by atoms with van der Waals surface area (Å²) in [6.07, 6.45) is -26.8. The van der Waals surface area contributed by atoms with Crippen LogP contribution in [0.5, 0.6) is 0 Å². The van der Waals surface area contributed by atoms with Crippen molar-refractivity contribution in [3.05, 3.63) is 0 Å². The van der Waals surface area contributed by atoms with Crippen LogP contribution >= 0.6 is 0 Å². The van der Waals surface area contributed by atoms with Gasteiger partial charge in [0.05, 0.1) is 25.4 Å². The molecule has 21 nitrogen and oxygen atoms in total. The summed E-state index contributed by atoms with van der Waals surface area (Å²) in [5.74, 6) is -5.56. The number of rotatable bonds is 12. The molecule has 13 N–H and O–H groups in total. The number of hydrogen-bond acceptors (Lipinski definition) is 19. The average molecular weight is 650 g/mol. The number of amides is 1. The van der Waals surface area contributed by atoms with Gasteiger partial charge in [-0.2, -0.15) is 4.89 Å². The van der Waals surface area contributed by atoms with E-state index in [9.17, 15) is 70.9 Å². The van der Waals surface area contributed by atoms with Gasteiger partial charge in [0.1, 0.15) is 73.8 Å². The van der Waals surface area contributed by atoms with E-state index >= 15 is 0 Å². The van der Waals surface area contributed by atoms with Gasteiger partial charge in [-0.3, -0.25) is 4.79 Å². The molecular formula is C23H39NO20. The predicted octanol–water partition coefficient (Wildman–Crippen LogP) is -8.29. The van der Waals surface area contributed by atoms with Gasteiger partial charge in [-0.15, -0.1) is 0 Å². The van der Waals surface area contributed by atoms with Gasteiger partial charge in [-0.1, -0.05) is 0 Å². The van der Waals surface area contributed by atoms with Gasteiger partial charge in [0.15, 0.2) is 12.6 Å². The number of carbonyl (C=O) groups is 2. The van der Waals surface area contributed by atoms with E-state index in [1.54, 1.807) is 0 Å². The van der Waals surface area contributed by atoms with Crippen LogP contribution in [-0.2, 0) is 38.3 Å². The minimum absolute atomic E-state index is 0.724. The first kappa shape index (κ1) is 36.7. The highest BCUT2D eigenvalue weighted by Crippen LogP contribution is 2.34. The molecule has 3 heterocycles. The maximum Gasteiger partial charge on any atom is 0.367 e. The number of hydrogen-bond donors (Lipinski definition) is 13. The summed E-state index contributed by atoms with van der Waals surface area (Å²) in [6.45, 7) is -1.74. The summed E-state index contributed by atoms with van der Waals surface area (Å²) in [6, 6.07) is -1.49. The SMILES string of the molecule is CC(=O)N[C@H]1[C@H]([C@H](O)[C@H](O)CO)O[C@@](OOC[C@H]2O[C@@H](O[C@H]3[C@H](O)[C@@H](O)[C@@H](O)O[C@@H]3CO)[C@H](O)[C@@H](O)[C@H]2O)(C(=O)O)C[C@@H]1O. The van der Waals surface area contributed by atoms with Crippen molar-refractivity contribution >= 4 is 11.9 Å². The van der Waals surface area contributed by atoms with E-state index in [-0.39, 0.29) is 0 Å². The molecule has 3 aliphatic heterocycles. The first-order valence-electron chi connectivity index (χ1n) is 13.4. The highest BCUT2D eigenvalue weighted by Gasteiger charge is 2.57. The van der Waals surface area contributed by atoms with Crippen LogP contribution in [0.4, 0.5) is 0 Å². The molecule has 3 saturated heterocycles. The Morgan fingerprint density at radius 3 is 2.16 bits per heavy atom. The quantitative estimate of drug-likeness (QED) is 0.0689. The van der Waals surface area contributed by atoms with Crippen molar-refractivity contribution in [3.8, 4) is 0 Å².